The van der Waals surface area contributed by atoms with Gasteiger partial charge in [0, 0.05) is 19.3 Å². The molecule has 0 aromatic rings. The van der Waals surface area contributed by atoms with E-state index in [0.717, 1.165) is 38.5 Å². The highest BCUT2D eigenvalue weighted by Gasteiger charge is 2.04. The quantitative estimate of drug-likeness (QED) is 0.560. The maximum Gasteiger partial charge on any atom is 0.303 e. The summed E-state index contributed by atoms with van der Waals surface area (Å²) in [5, 5.41) is 8.45. The lowest BCUT2D eigenvalue weighted by molar-refractivity contribution is -0.137. The maximum atomic E-state index is 11.4. The molecule has 0 bridgehead atoms. The van der Waals surface area contributed by atoms with Gasteiger partial charge in [-0.3, -0.25) is 9.59 Å². The lowest BCUT2D eigenvalue weighted by Crippen LogP contribution is -2.02. The SMILES string of the molecule is CC(C)CC(=O)CCCCCCCCC(=O)O. The number of aliphatic carboxylic acids is 1. The third-order valence-corrected chi connectivity index (χ3v) is 2.73. The average Bonchev–Trinajstić information content (AvgIpc) is 2.20. The number of Topliss-reactive ketones (excluding diaryl/α,β-unsaturated/α-hetero) is 1. The van der Waals surface area contributed by atoms with Crippen LogP contribution in [-0.2, 0) is 9.59 Å². The van der Waals surface area contributed by atoms with Crippen LogP contribution < -0.4 is 0 Å². The van der Waals surface area contributed by atoms with Crippen LogP contribution in [0.15, 0.2) is 0 Å². The van der Waals surface area contributed by atoms with E-state index in [9.17, 15) is 9.59 Å². The molecular weight excluding hydrogens is 216 g/mol. The van der Waals surface area contributed by atoms with Gasteiger partial charge >= 0.3 is 5.97 Å². The molecule has 0 heterocycles. The Morgan fingerprint density at radius 2 is 1.35 bits per heavy atom. The van der Waals surface area contributed by atoms with E-state index in [1.807, 2.05) is 0 Å². The number of carboxylic acids is 1. The van der Waals surface area contributed by atoms with E-state index in [1.165, 1.54) is 0 Å². The van der Waals surface area contributed by atoms with Crippen LogP contribution in [0.2, 0.25) is 0 Å². The molecular formula is C14H26O3. The molecule has 0 aromatic heterocycles. The fraction of sp³-hybridized carbons (Fsp3) is 0.857. The second kappa shape index (κ2) is 10.3. The summed E-state index contributed by atoms with van der Waals surface area (Å²) in [5.74, 6) is 0.147. The van der Waals surface area contributed by atoms with Gasteiger partial charge in [0.15, 0.2) is 0 Å². The molecule has 0 fully saturated rings. The summed E-state index contributed by atoms with van der Waals surface area (Å²) in [4.78, 5) is 21.7. The molecule has 0 atom stereocenters. The van der Waals surface area contributed by atoms with E-state index in [4.69, 9.17) is 5.11 Å². The first-order valence-corrected chi connectivity index (χ1v) is 6.76. The van der Waals surface area contributed by atoms with Crippen LogP contribution in [0.3, 0.4) is 0 Å². The van der Waals surface area contributed by atoms with Crippen LogP contribution in [0, 0.1) is 5.92 Å². The predicted molar refractivity (Wildman–Crippen MR) is 69.0 cm³/mol. The summed E-state index contributed by atoms with van der Waals surface area (Å²) < 4.78 is 0. The Balaban J connectivity index is 3.18. The van der Waals surface area contributed by atoms with Crippen molar-refractivity contribution in [2.24, 2.45) is 5.92 Å². The molecule has 0 rings (SSSR count). The highest BCUT2D eigenvalue weighted by atomic mass is 16.4. The minimum Gasteiger partial charge on any atom is -0.481 e. The van der Waals surface area contributed by atoms with Crippen molar-refractivity contribution in [3.8, 4) is 0 Å². The Bertz CT molecular complexity index is 222. The number of ketones is 1. The van der Waals surface area contributed by atoms with Gasteiger partial charge in [0.2, 0.25) is 0 Å². The van der Waals surface area contributed by atoms with Crippen LogP contribution in [0.25, 0.3) is 0 Å². The number of carbonyl (C=O) groups is 2. The van der Waals surface area contributed by atoms with Gasteiger partial charge in [-0.1, -0.05) is 39.5 Å². The van der Waals surface area contributed by atoms with Crippen molar-refractivity contribution < 1.29 is 14.7 Å². The van der Waals surface area contributed by atoms with Gasteiger partial charge in [-0.15, -0.1) is 0 Å². The highest BCUT2D eigenvalue weighted by molar-refractivity contribution is 5.78. The third kappa shape index (κ3) is 13.1. The molecule has 0 aliphatic carbocycles. The minimum atomic E-state index is -0.704. The van der Waals surface area contributed by atoms with Crippen LogP contribution in [0.1, 0.15) is 71.6 Å². The molecule has 17 heavy (non-hydrogen) atoms. The van der Waals surface area contributed by atoms with Crippen molar-refractivity contribution in [1.82, 2.24) is 0 Å². The summed E-state index contributed by atoms with van der Waals surface area (Å²) >= 11 is 0. The molecule has 3 heteroatoms. The predicted octanol–water partition coefficient (Wildman–Crippen LogP) is 3.81. The number of carbonyl (C=O) groups excluding carboxylic acids is 1. The average molecular weight is 242 g/mol. The first kappa shape index (κ1) is 16.1. The zero-order chi connectivity index (χ0) is 13.1. The fourth-order valence-electron chi connectivity index (χ4n) is 1.86. The van der Waals surface area contributed by atoms with Gasteiger partial charge in [-0.05, 0) is 18.8 Å². The van der Waals surface area contributed by atoms with Crippen molar-refractivity contribution in [2.45, 2.75) is 71.6 Å². The standard InChI is InChI=1S/C14H26O3/c1-12(2)11-13(15)9-7-5-3-4-6-8-10-14(16)17/h12H,3-11H2,1-2H3,(H,16,17). The molecule has 0 aliphatic heterocycles. The second-order valence-corrected chi connectivity index (χ2v) is 5.15. The van der Waals surface area contributed by atoms with E-state index < -0.39 is 5.97 Å². The van der Waals surface area contributed by atoms with Gasteiger partial charge in [-0.25, -0.2) is 0 Å². The van der Waals surface area contributed by atoms with E-state index in [-0.39, 0.29) is 6.42 Å². The zero-order valence-corrected chi connectivity index (χ0v) is 11.2. The van der Waals surface area contributed by atoms with Crippen molar-refractivity contribution in [3.05, 3.63) is 0 Å². The second-order valence-electron chi connectivity index (χ2n) is 5.15. The highest BCUT2D eigenvalue weighted by Crippen LogP contribution is 2.11. The first-order valence-electron chi connectivity index (χ1n) is 6.76. The van der Waals surface area contributed by atoms with E-state index in [1.54, 1.807) is 0 Å². The number of hydrogen-bond donors (Lipinski definition) is 1. The van der Waals surface area contributed by atoms with Crippen LogP contribution >= 0.6 is 0 Å². The monoisotopic (exact) mass is 242 g/mol. The molecule has 0 aliphatic rings. The Labute approximate surface area is 105 Å². The number of unbranched alkanes of at least 4 members (excludes halogenated alkanes) is 5. The van der Waals surface area contributed by atoms with Crippen LogP contribution in [0.5, 0.6) is 0 Å². The summed E-state index contributed by atoms with van der Waals surface area (Å²) in [6.45, 7) is 4.14. The van der Waals surface area contributed by atoms with Gasteiger partial charge in [0.05, 0.1) is 0 Å². The Morgan fingerprint density at radius 3 is 1.82 bits per heavy atom. The van der Waals surface area contributed by atoms with Gasteiger partial charge in [0.1, 0.15) is 5.78 Å². The lowest BCUT2D eigenvalue weighted by atomic mass is 10.0. The van der Waals surface area contributed by atoms with Crippen molar-refractivity contribution in [3.63, 3.8) is 0 Å². The molecule has 0 saturated heterocycles. The molecule has 0 spiro atoms. The largest absolute Gasteiger partial charge is 0.481 e. The molecule has 100 valence electrons. The number of rotatable bonds is 11. The fourth-order valence-corrected chi connectivity index (χ4v) is 1.86. The van der Waals surface area contributed by atoms with Crippen LogP contribution in [0.4, 0.5) is 0 Å². The third-order valence-electron chi connectivity index (χ3n) is 2.73. The molecule has 0 saturated carbocycles. The van der Waals surface area contributed by atoms with Crippen molar-refractivity contribution in [1.29, 1.82) is 0 Å². The lowest BCUT2D eigenvalue weighted by Gasteiger charge is -2.03. The van der Waals surface area contributed by atoms with Crippen molar-refractivity contribution >= 4 is 11.8 Å². The topological polar surface area (TPSA) is 54.4 Å². The van der Waals surface area contributed by atoms with Gasteiger partial charge < -0.3 is 5.11 Å². The molecule has 1 N–H and O–H groups in total. The Kier molecular flexibility index (Phi) is 9.78. The van der Waals surface area contributed by atoms with E-state index in [2.05, 4.69) is 13.8 Å². The Morgan fingerprint density at radius 1 is 0.882 bits per heavy atom. The summed E-state index contributed by atoms with van der Waals surface area (Å²) in [6.07, 6.45) is 7.77. The molecule has 0 unspecified atom stereocenters. The molecule has 0 radical (unpaired) electrons. The van der Waals surface area contributed by atoms with E-state index >= 15 is 0 Å². The number of hydrogen-bond acceptors (Lipinski definition) is 2. The zero-order valence-electron chi connectivity index (χ0n) is 11.2. The summed E-state index contributed by atoms with van der Waals surface area (Å²) in [7, 11) is 0. The van der Waals surface area contributed by atoms with Gasteiger partial charge in [0.25, 0.3) is 0 Å². The first-order chi connectivity index (χ1) is 8.02. The van der Waals surface area contributed by atoms with Crippen molar-refractivity contribution in [2.75, 3.05) is 0 Å². The summed E-state index contributed by atoms with van der Waals surface area (Å²) in [5.41, 5.74) is 0. The van der Waals surface area contributed by atoms with Crippen LogP contribution in [-0.4, -0.2) is 16.9 Å². The molecule has 0 amide bonds. The maximum absolute atomic E-state index is 11.4. The molecule has 0 aromatic carbocycles. The normalized spacial score (nSPS) is 10.8. The number of carboxylic acid groups (broad SMARTS) is 1. The smallest absolute Gasteiger partial charge is 0.303 e. The molecule has 3 nitrogen and oxygen atoms in total. The van der Waals surface area contributed by atoms with E-state index in [0.29, 0.717) is 24.5 Å². The minimum absolute atomic E-state index is 0.285. The van der Waals surface area contributed by atoms with Gasteiger partial charge in [-0.2, -0.15) is 0 Å². The Hall–Kier alpha value is -0.860. The summed E-state index contributed by atoms with van der Waals surface area (Å²) in [6, 6.07) is 0.